The third kappa shape index (κ3) is 2.72. The molecule has 0 aliphatic carbocycles. The van der Waals surface area contributed by atoms with Gasteiger partial charge in [0, 0.05) is 5.02 Å². The first kappa shape index (κ1) is 9.36. The number of ether oxygens (including phenoxy) is 1. The summed E-state index contributed by atoms with van der Waals surface area (Å²) < 4.78 is 5.34. The Balaban J connectivity index is 2.58. The average Bonchev–Trinajstić information content (AvgIpc) is 2.09. The van der Waals surface area contributed by atoms with Crippen molar-refractivity contribution in [1.82, 2.24) is 0 Å². The van der Waals surface area contributed by atoms with Crippen molar-refractivity contribution in [1.29, 1.82) is 0 Å². The fraction of sp³-hybridized carbons (Fsp3) is 0.333. The minimum Gasteiger partial charge on any atom is -0.476 e. The molecule has 0 bridgehead atoms. The third-order valence-corrected chi connectivity index (χ3v) is 1.76. The number of rotatable bonds is 3. The highest BCUT2D eigenvalue weighted by molar-refractivity contribution is 6.30. The lowest BCUT2D eigenvalue weighted by atomic mass is 10.3. The number of benzene rings is 1. The van der Waals surface area contributed by atoms with E-state index in [9.17, 15) is 0 Å². The monoisotopic (exact) mass is 185 g/mol. The van der Waals surface area contributed by atoms with Crippen molar-refractivity contribution in [2.45, 2.75) is 19.6 Å². The van der Waals surface area contributed by atoms with E-state index in [0.717, 1.165) is 12.2 Å². The highest BCUT2D eigenvalue weighted by Crippen LogP contribution is 2.16. The maximum atomic E-state index is 5.70. The second-order valence-electron chi connectivity index (χ2n) is 2.52. The number of nitrogens with two attached hydrogens (primary N) is 1. The second kappa shape index (κ2) is 4.33. The van der Waals surface area contributed by atoms with Crippen LogP contribution < -0.4 is 10.5 Å². The Bertz CT molecular complexity index is 235. The Morgan fingerprint density at radius 1 is 1.42 bits per heavy atom. The summed E-state index contributed by atoms with van der Waals surface area (Å²) in [4.78, 5) is 0. The van der Waals surface area contributed by atoms with Gasteiger partial charge in [-0.25, -0.2) is 0 Å². The summed E-state index contributed by atoms with van der Waals surface area (Å²) in [6, 6.07) is 7.16. The predicted molar refractivity (Wildman–Crippen MR) is 50.3 cm³/mol. The Labute approximate surface area is 77.3 Å². The van der Waals surface area contributed by atoms with Crippen molar-refractivity contribution in [3.8, 4) is 5.75 Å². The Morgan fingerprint density at radius 3 is 2.50 bits per heavy atom. The van der Waals surface area contributed by atoms with Crippen LogP contribution in [0.3, 0.4) is 0 Å². The van der Waals surface area contributed by atoms with Gasteiger partial charge in [-0.15, -0.1) is 0 Å². The summed E-state index contributed by atoms with van der Waals surface area (Å²) >= 11 is 5.70. The van der Waals surface area contributed by atoms with Crippen molar-refractivity contribution < 1.29 is 4.74 Å². The van der Waals surface area contributed by atoms with Gasteiger partial charge in [-0.3, -0.25) is 5.73 Å². The van der Waals surface area contributed by atoms with Crippen molar-refractivity contribution in [3.05, 3.63) is 29.3 Å². The second-order valence-corrected chi connectivity index (χ2v) is 2.95. The van der Waals surface area contributed by atoms with Crippen molar-refractivity contribution in [2.24, 2.45) is 5.73 Å². The molecule has 0 saturated heterocycles. The molecule has 2 nitrogen and oxygen atoms in total. The number of hydrogen-bond acceptors (Lipinski definition) is 2. The van der Waals surface area contributed by atoms with Crippen LogP contribution in [0.4, 0.5) is 0 Å². The van der Waals surface area contributed by atoms with Gasteiger partial charge >= 0.3 is 0 Å². The molecule has 1 unspecified atom stereocenters. The zero-order valence-electron chi connectivity index (χ0n) is 6.96. The van der Waals surface area contributed by atoms with Crippen LogP contribution in [0.5, 0.6) is 5.75 Å². The SMILES string of the molecule is CCC(N)Oc1ccc(Cl)cc1. The lowest BCUT2D eigenvalue weighted by molar-refractivity contribution is 0.205. The maximum absolute atomic E-state index is 5.70. The molecule has 0 aliphatic rings. The van der Waals surface area contributed by atoms with Crippen LogP contribution in [0.15, 0.2) is 24.3 Å². The molecule has 0 aliphatic heterocycles. The molecule has 1 rings (SSSR count). The maximum Gasteiger partial charge on any atom is 0.147 e. The van der Waals surface area contributed by atoms with E-state index in [1.165, 1.54) is 0 Å². The topological polar surface area (TPSA) is 35.2 Å². The molecule has 0 aromatic heterocycles. The first-order valence-corrected chi connectivity index (χ1v) is 4.28. The molecule has 0 amide bonds. The van der Waals surface area contributed by atoms with E-state index in [1.54, 1.807) is 24.3 Å². The summed E-state index contributed by atoms with van der Waals surface area (Å²) in [6.45, 7) is 1.97. The predicted octanol–water partition coefficient (Wildman–Crippen LogP) is 2.41. The Kier molecular flexibility index (Phi) is 3.38. The van der Waals surface area contributed by atoms with Crippen molar-refractivity contribution in [3.63, 3.8) is 0 Å². The summed E-state index contributed by atoms with van der Waals surface area (Å²) in [5, 5.41) is 0.701. The van der Waals surface area contributed by atoms with E-state index < -0.39 is 0 Å². The van der Waals surface area contributed by atoms with Gasteiger partial charge in [-0.05, 0) is 30.7 Å². The zero-order valence-corrected chi connectivity index (χ0v) is 7.71. The molecule has 1 aromatic carbocycles. The van der Waals surface area contributed by atoms with Crippen LogP contribution in [-0.4, -0.2) is 6.23 Å². The molecule has 66 valence electrons. The van der Waals surface area contributed by atoms with Crippen LogP contribution in [0.25, 0.3) is 0 Å². The number of hydrogen-bond donors (Lipinski definition) is 1. The standard InChI is InChI=1S/C9H12ClNO/c1-2-9(11)12-8-5-3-7(10)4-6-8/h3-6,9H,2,11H2,1H3. The highest BCUT2D eigenvalue weighted by atomic mass is 35.5. The molecule has 1 aromatic rings. The molecule has 0 saturated carbocycles. The van der Waals surface area contributed by atoms with E-state index in [0.29, 0.717) is 5.02 Å². The zero-order chi connectivity index (χ0) is 8.97. The molecule has 0 heterocycles. The molecule has 0 fully saturated rings. The van der Waals surface area contributed by atoms with Crippen LogP contribution in [-0.2, 0) is 0 Å². The van der Waals surface area contributed by atoms with E-state index in [1.807, 2.05) is 6.92 Å². The fourth-order valence-corrected chi connectivity index (χ4v) is 0.897. The molecule has 0 spiro atoms. The van der Waals surface area contributed by atoms with Gasteiger partial charge in [0.15, 0.2) is 0 Å². The lowest BCUT2D eigenvalue weighted by Crippen LogP contribution is -2.25. The van der Waals surface area contributed by atoms with Gasteiger partial charge in [-0.1, -0.05) is 18.5 Å². The van der Waals surface area contributed by atoms with E-state index >= 15 is 0 Å². The molecular formula is C9H12ClNO. The first-order valence-electron chi connectivity index (χ1n) is 3.90. The normalized spacial score (nSPS) is 12.6. The number of halogens is 1. The van der Waals surface area contributed by atoms with Gasteiger partial charge in [0.05, 0.1) is 0 Å². The summed E-state index contributed by atoms with van der Waals surface area (Å²) in [6.07, 6.45) is 0.564. The molecule has 2 N–H and O–H groups in total. The lowest BCUT2D eigenvalue weighted by Gasteiger charge is -2.11. The van der Waals surface area contributed by atoms with Gasteiger partial charge in [0.1, 0.15) is 12.0 Å². The van der Waals surface area contributed by atoms with Crippen molar-refractivity contribution in [2.75, 3.05) is 0 Å². The smallest absolute Gasteiger partial charge is 0.147 e. The van der Waals surface area contributed by atoms with Crippen LogP contribution in [0, 0.1) is 0 Å². The van der Waals surface area contributed by atoms with Gasteiger partial charge in [0.25, 0.3) is 0 Å². The molecule has 0 radical (unpaired) electrons. The largest absolute Gasteiger partial charge is 0.476 e. The molecular weight excluding hydrogens is 174 g/mol. The van der Waals surface area contributed by atoms with Crippen LogP contribution >= 0.6 is 11.6 Å². The minimum absolute atomic E-state index is 0.230. The molecule has 12 heavy (non-hydrogen) atoms. The van der Waals surface area contributed by atoms with Gasteiger partial charge < -0.3 is 4.74 Å². The Hall–Kier alpha value is -0.730. The summed E-state index contributed by atoms with van der Waals surface area (Å²) in [5.74, 6) is 0.758. The average molecular weight is 186 g/mol. The summed E-state index contributed by atoms with van der Waals surface area (Å²) in [5.41, 5.74) is 5.59. The van der Waals surface area contributed by atoms with E-state index in [2.05, 4.69) is 0 Å². The van der Waals surface area contributed by atoms with Gasteiger partial charge in [0.2, 0.25) is 0 Å². The third-order valence-electron chi connectivity index (χ3n) is 1.50. The fourth-order valence-electron chi connectivity index (χ4n) is 0.771. The highest BCUT2D eigenvalue weighted by Gasteiger charge is 1.99. The van der Waals surface area contributed by atoms with E-state index in [-0.39, 0.29) is 6.23 Å². The van der Waals surface area contributed by atoms with Crippen LogP contribution in [0.1, 0.15) is 13.3 Å². The van der Waals surface area contributed by atoms with Crippen molar-refractivity contribution >= 4 is 11.6 Å². The quantitative estimate of drug-likeness (QED) is 0.735. The van der Waals surface area contributed by atoms with Crippen LogP contribution in [0.2, 0.25) is 5.02 Å². The first-order chi connectivity index (χ1) is 5.72. The Morgan fingerprint density at radius 2 is 2.00 bits per heavy atom. The minimum atomic E-state index is -0.230. The molecule has 3 heteroatoms. The molecule has 1 atom stereocenters. The van der Waals surface area contributed by atoms with Gasteiger partial charge in [-0.2, -0.15) is 0 Å². The van der Waals surface area contributed by atoms with E-state index in [4.69, 9.17) is 22.1 Å². The summed E-state index contributed by atoms with van der Waals surface area (Å²) in [7, 11) is 0.